The van der Waals surface area contributed by atoms with Crippen LogP contribution in [-0.4, -0.2) is 5.78 Å². The van der Waals surface area contributed by atoms with Crippen LogP contribution in [0.15, 0.2) is 12.2 Å². The zero-order valence-corrected chi connectivity index (χ0v) is 7.39. The summed E-state index contributed by atoms with van der Waals surface area (Å²) in [7, 11) is 0. The minimum atomic E-state index is 0.188. The number of hydrogen-bond donors (Lipinski definition) is 0. The van der Waals surface area contributed by atoms with Gasteiger partial charge in [-0.05, 0) is 17.9 Å². The van der Waals surface area contributed by atoms with Crippen molar-refractivity contribution in [3.05, 3.63) is 12.2 Å². The molecule has 0 radical (unpaired) electrons. The fourth-order valence-corrected chi connectivity index (χ4v) is 1.56. The number of hydrogen-bond acceptors (Lipinski definition) is 1. The summed E-state index contributed by atoms with van der Waals surface area (Å²) in [5.74, 6) is 0.295. The molecule has 1 aliphatic carbocycles. The maximum Gasteiger partial charge on any atom is 0.156 e. The Hall–Kier alpha value is -0.590. The Morgan fingerprint density at radius 1 is 1.64 bits per heavy atom. The molecule has 0 N–H and O–H groups in total. The SMILES string of the molecule is CCCC[C@]1(C)C=CC(=O)C1. The number of carbonyl (C=O) groups excluding carboxylic acids is 1. The fourth-order valence-electron chi connectivity index (χ4n) is 1.56. The highest BCUT2D eigenvalue weighted by molar-refractivity contribution is 5.92. The molecule has 0 heterocycles. The van der Waals surface area contributed by atoms with Crippen LogP contribution in [0.5, 0.6) is 0 Å². The topological polar surface area (TPSA) is 17.1 Å². The molecule has 0 aromatic carbocycles. The average molecular weight is 152 g/mol. The summed E-state index contributed by atoms with van der Waals surface area (Å²) in [5, 5.41) is 0. The Morgan fingerprint density at radius 2 is 2.36 bits per heavy atom. The van der Waals surface area contributed by atoms with E-state index in [2.05, 4.69) is 19.9 Å². The fraction of sp³-hybridized carbons (Fsp3) is 0.700. The Balaban J connectivity index is 2.43. The molecular formula is C10H16O. The molecule has 0 saturated heterocycles. The van der Waals surface area contributed by atoms with E-state index in [0.29, 0.717) is 5.78 Å². The minimum Gasteiger partial charge on any atom is -0.295 e. The van der Waals surface area contributed by atoms with E-state index >= 15 is 0 Å². The minimum absolute atomic E-state index is 0.188. The zero-order chi connectivity index (χ0) is 8.32. The van der Waals surface area contributed by atoms with Crippen LogP contribution in [0.25, 0.3) is 0 Å². The largest absolute Gasteiger partial charge is 0.295 e. The molecule has 0 fully saturated rings. The van der Waals surface area contributed by atoms with Gasteiger partial charge in [0.25, 0.3) is 0 Å². The maximum atomic E-state index is 10.9. The Kier molecular flexibility index (Phi) is 2.48. The second-order valence-corrected chi connectivity index (χ2v) is 3.73. The van der Waals surface area contributed by atoms with Gasteiger partial charge in [0, 0.05) is 6.42 Å². The van der Waals surface area contributed by atoms with Gasteiger partial charge in [0.15, 0.2) is 5.78 Å². The van der Waals surface area contributed by atoms with E-state index in [1.807, 2.05) is 0 Å². The van der Waals surface area contributed by atoms with Crippen molar-refractivity contribution >= 4 is 5.78 Å². The smallest absolute Gasteiger partial charge is 0.156 e. The second-order valence-electron chi connectivity index (χ2n) is 3.73. The predicted molar refractivity (Wildman–Crippen MR) is 46.4 cm³/mol. The molecule has 1 heteroatoms. The molecular weight excluding hydrogens is 136 g/mol. The molecule has 1 atom stereocenters. The number of rotatable bonds is 3. The van der Waals surface area contributed by atoms with Crippen LogP contribution in [0.2, 0.25) is 0 Å². The van der Waals surface area contributed by atoms with Crippen molar-refractivity contribution in [1.29, 1.82) is 0 Å². The van der Waals surface area contributed by atoms with Crippen LogP contribution >= 0.6 is 0 Å². The summed E-state index contributed by atoms with van der Waals surface area (Å²) in [4.78, 5) is 10.9. The lowest BCUT2D eigenvalue weighted by molar-refractivity contribution is -0.115. The standard InChI is InChI=1S/C10H16O/c1-3-4-6-10(2)7-5-9(11)8-10/h5,7H,3-4,6,8H2,1-2H3/t10-/m1/s1. The predicted octanol–water partition coefficient (Wildman–Crippen LogP) is 2.71. The molecule has 1 nitrogen and oxygen atoms in total. The third-order valence-corrected chi connectivity index (χ3v) is 2.35. The van der Waals surface area contributed by atoms with Crippen LogP contribution in [0.1, 0.15) is 39.5 Å². The van der Waals surface area contributed by atoms with Crippen LogP contribution in [0.3, 0.4) is 0 Å². The van der Waals surface area contributed by atoms with Crippen molar-refractivity contribution in [2.45, 2.75) is 39.5 Å². The van der Waals surface area contributed by atoms with Crippen LogP contribution in [0.4, 0.5) is 0 Å². The lowest BCUT2D eigenvalue weighted by Crippen LogP contribution is -2.11. The molecule has 0 amide bonds. The molecule has 0 aromatic rings. The Labute approximate surface area is 68.5 Å². The quantitative estimate of drug-likeness (QED) is 0.607. The molecule has 0 unspecified atom stereocenters. The van der Waals surface area contributed by atoms with E-state index in [1.54, 1.807) is 6.08 Å². The first kappa shape index (κ1) is 8.51. The van der Waals surface area contributed by atoms with Crippen molar-refractivity contribution in [3.8, 4) is 0 Å². The summed E-state index contributed by atoms with van der Waals surface area (Å²) >= 11 is 0. The van der Waals surface area contributed by atoms with Crippen molar-refractivity contribution in [3.63, 3.8) is 0 Å². The summed E-state index contributed by atoms with van der Waals surface area (Å²) in [5.41, 5.74) is 0.188. The molecule has 62 valence electrons. The lowest BCUT2D eigenvalue weighted by Gasteiger charge is -2.19. The molecule has 0 aliphatic heterocycles. The van der Waals surface area contributed by atoms with E-state index in [-0.39, 0.29) is 5.41 Å². The van der Waals surface area contributed by atoms with Gasteiger partial charge in [-0.2, -0.15) is 0 Å². The molecule has 0 aromatic heterocycles. The van der Waals surface area contributed by atoms with E-state index in [0.717, 1.165) is 12.8 Å². The van der Waals surface area contributed by atoms with Gasteiger partial charge in [-0.3, -0.25) is 4.79 Å². The monoisotopic (exact) mass is 152 g/mol. The third kappa shape index (κ3) is 2.18. The van der Waals surface area contributed by atoms with Gasteiger partial charge in [0.1, 0.15) is 0 Å². The summed E-state index contributed by atoms with van der Waals surface area (Å²) in [6, 6.07) is 0. The highest BCUT2D eigenvalue weighted by Crippen LogP contribution is 2.34. The van der Waals surface area contributed by atoms with Gasteiger partial charge in [-0.15, -0.1) is 0 Å². The number of allylic oxidation sites excluding steroid dienone is 2. The van der Waals surface area contributed by atoms with Crippen molar-refractivity contribution in [2.24, 2.45) is 5.41 Å². The van der Waals surface area contributed by atoms with Crippen LogP contribution in [0, 0.1) is 5.41 Å². The van der Waals surface area contributed by atoms with Crippen molar-refractivity contribution in [1.82, 2.24) is 0 Å². The second kappa shape index (κ2) is 3.21. The summed E-state index contributed by atoms with van der Waals surface area (Å²) in [6.45, 7) is 4.36. The first-order valence-electron chi connectivity index (χ1n) is 4.38. The average Bonchev–Trinajstić information content (AvgIpc) is 2.28. The maximum absolute atomic E-state index is 10.9. The molecule has 1 aliphatic rings. The number of unbranched alkanes of at least 4 members (excludes halogenated alkanes) is 1. The lowest BCUT2D eigenvalue weighted by atomic mass is 9.84. The van der Waals surface area contributed by atoms with Crippen molar-refractivity contribution in [2.75, 3.05) is 0 Å². The highest BCUT2D eigenvalue weighted by Gasteiger charge is 2.27. The van der Waals surface area contributed by atoms with E-state index in [4.69, 9.17) is 0 Å². The van der Waals surface area contributed by atoms with Crippen molar-refractivity contribution < 1.29 is 4.79 Å². The normalized spacial score (nSPS) is 29.8. The van der Waals surface area contributed by atoms with Gasteiger partial charge in [0.05, 0.1) is 0 Å². The molecule has 0 spiro atoms. The van der Waals surface area contributed by atoms with E-state index in [9.17, 15) is 4.79 Å². The Morgan fingerprint density at radius 3 is 2.82 bits per heavy atom. The Bertz CT molecular complexity index is 181. The third-order valence-electron chi connectivity index (χ3n) is 2.35. The highest BCUT2D eigenvalue weighted by atomic mass is 16.1. The summed E-state index contributed by atoms with van der Waals surface area (Å²) in [6.07, 6.45) is 8.14. The van der Waals surface area contributed by atoms with Gasteiger partial charge in [0.2, 0.25) is 0 Å². The van der Waals surface area contributed by atoms with Crippen LogP contribution < -0.4 is 0 Å². The van der Waals surface area contributed by atoms with Crippen LogP contribution in [-0.2, 0) is 4.79 Å². The molecule has 0 bridgehead atoms. The zero-order valence-electron chi connectivity index (χ0n) is 7.39. The molecule has 11 heavy (non-hydrogen) atoms. The summed E-state index contributed by atoms with van der Waals surface area (Å²) < 4.78 is 0. The number of ketones is 1. The van der Waals surface area contributed by atoms with Gasteiger partial charge in [-0.1, -0.05) is 32.8 Å². The van der Waals surface area contributed by atoms with Gasteiger partial charge >= 0.3 is 0 Å². The first-order valence-corrected chi connectivity index (χ1v) is 4.38. The first-order chi connectivity index (χ1) is 5.16. The molecule has 1 rings (SSSR count). The van der Waals surface area contributed by atoms with Gasteiger partial charge < -0.3 is 0 Å². The van der Waals surface area contributed by atoms with E-state index < -0.39 is 0 Å². The van der Waals surface area contributed by atoms with Gasteiger partial charge in [-0.25, -0.2) is 0 Å². The van der Waals surface area contributed by atoms with E-state index in [1.165, 1.54) is 12.8 Å². The number of carbonyl (C=O) groups is 1. The molecule has 0 saturated carbocycles.